The van der Waals surface area contributed by atoms with Crippen molar-refractivity contribution in [3.8, 4) is 0 Å². The monoisotopic (exact) mass is 289 g/mol. The van der Waals surface area contributed by atoms with Gasteiger partial charge in [0.25, 0.3) is 0 Å². The van der Waals surface area contributed by atoms with Crippen LogP contribution in [-0.2, 0) is 9.57 Å². The molecule has 0 aromatic carbocycles. The summed E-state index contributed by atoms with van der Waals surface area (Å²) in [6, 6.07) is 0. The van der Waals surface area contributed by atoms with Gasteiger partial charge in [0.2, 0.25) is 0 Å². The maximum atomic E-state index is 6.01. The predicted molar refractivity (Wildman–Crippen MR) is 80.0 cm³/mol. The Kier molecular flexibility index (Phi) is 10.2. The summed E-state index contributed by atoms with van der Waals surface area (Å²) in [4.78, 5) is 9.23. The van der Waals surface area contributed by atoms with E-state index >= 15 is 0 Å². The molecule has 0 amide bonds. The van der Waals surface area contributed by atoms with Gasteiger partial charge in [0.1, 0.15) is 5.76 Å². The smallest absolute Gasteiger partial charge is 0.123 e. The normalized spacial score (nSPS) is 15.5. The minimum atomic E-state index is 0.202. The predicted octanol–water partition coefficient (Wildman–Crippen LogP) is 2.34. The number of hydrogen-bond acceptors (Lipinski definition) is 5. The number of nitrogens with two attached hydrogens (primary N) is 1. The first-order valence-electron chi connectivity index (χ1n) is 6.29. The summed E-state index contributed by atoms with van der Waals surface area (Å²) in [5.74, 6) is 0.622. The van der Waals surface area contributed by atoms with Crippen molar-refractivity contribution in [1.82, 2.24) is 5.48 Å². The lowest BCUT2D eigenvalue weighted by Gasteiger charge is -2.08. The molecule has 19 heavy (non-hydrogen) atoms. The van der Waals surface area contributed by atoms with Gasteiger partial charge in [0.15, 0.2) is 0 Å². The molecule has 0 radical (unpaired) electrons. The largest absolute Gasteiger partial charge is 0.414 e. The maximum Gasteiger partial charge on any atom is 0.123 e. The standard InChI is InChI=1S/C13H24ClN3O2/c1-5-18-10(2)6-7-17-9-12(14)13(15)8-11(3)19-16-4/h8-10,16H,5-7,15H2,1-4H3/b11-8+,13-12?,17-9?/t10-/m0/s1. The van der Waals surface area contributed by atoms with Crippen molar-refractivity contribution in [2.24, 2.45) is 10.7 Å². The van der Waals surface area contributed by atoms with E-state index < -0.39 is 0 Å². The fourth-order valence-corrected chi connectivity index (χ4v) is 1.45. The lowest BCUT2D eigenvalue weighted by Crippen LogP contribution is -2.09. The Bertz CT molecular complexity index is 341. The Labute approximate surface area is 120 Å². The number of allylic oxidation sites excluding steroid dienone is 3. The third kappa shape index (κ3) is 9.53. The fourth-order valence-electron chi connectivity index (χ4n) is 1.32. The molecule has 0 aliphatic heterocycles. The second-order valence-corrected chi connectivity index (χ2v) is 4.36. The molecule has 1 atom stereocenters. The van der Waals surface area contributed by atoms with Crippen LogP contribution in [0.3, 0.4) is 0 Å². The summed E-state index contributed by atoms with van der Waals surface area (Å²) >= 11 is 6.01. The average Bonchev–Trinajstić information content (AvgIpc) is 2.34. The molecule has 0 bridgehead atoms. The Hall–Kier alpha value is -1.04. The fraction of sp³-hybridized carbons (Fsp3) is 0.615. The number of ether oxygens (including phenoxy) is 1. The molecule has 0 aliphatic rings. The van der Waals surface area contributed by atoms with Gasteiger partial charge >= 0.3 is 0 Å². The van der Waals surface area contributed by atoms with Crippen LogP contribution in [0, 0.1) is 0 Å². The number of rotatable bonds is 9. The number of halogens is 1. The highest BCUT2D eigenvalue weighted by molar-refractivity contribution is 6.39. The number of hydroxylamine groups is 1. The summed E-state index contributed by atoms with van der Waals surface area (Å²) in [5.41, 5.74) is 8.75. The van der Waals surface area contributed by atoms with Gasteiger partial charge in [0, 0.05) is 32.5 Å². The van der Waals surface area contributed by atoms with E-state index in [0.717, 1.165) is 6.42 Å². The first-order chi connectivity index (χ1) is 9.01. The van der Waals surface area contributed by atoms with Gasteiger partial charge in [0.05, 0.1) is 16.8 Å². The highest BCUT2D eigenvalue weighted by atomic mass is 35.5. The van der Waals surface area contributed by atoms with Gasteiger partial charge in [-0.2, -0.15) is 5.48 Å². The van der Waals surface area contributed by atoms with E-state index in [0.29, 0.717) is 29.6 Å². The van der Waals surface area contributed by atoms with E-state index in [1.807, 2.05) is 13.8 Å². The summed E-state index contributed by atoms with van der Waals surface area (Å²) in [7, 11) is 1.67. The Morgan fingerprint density at radius 1 is 1.53 bits per heavy atom. The van der Waals surface area contributed by atoms with Crippen LogP contribution in [-0.4, -0.2) is 32.5 Å². The second kappa shape index (κ2) is 10.8. The van der Waals surface area contributed by atoms with Crippen molar-refractivity contribution >= 4 is 17.8 Å². The lowest BCUT2D eigenvalue weighted by molar-refractivity contribution is 0.0722. The molecule has 110 valence electrons. The van der Waals surface area contributed by atoms with Crippen LogP contribution in [0.1, 0.15) is 27.2 Å². The lowest BCUT2D eigenvalue weighted by atomic mass is 10.3. The number of nitrogens with one attached hydrogen (secondary N) is 1. The molecule has 0 saturated heterocycles. The SMILES string of the molecule is CCO[C@@H](C)CCN=CC(Cl)=C(N)/C=C(\C)ONC. The molecular weight excluding hydrogens is 266 g/mol. The Morgan fingerprint density at radius 3 is 2.79 bits per heavy atom. The Balaban J connectivity index is 4.26. The molecule has 0 spiro atoms. The number of hydrogen-bond donors (Lipinski definition) is 2. The van der Waals surface area contributed by atoms with Crippen LogP contribution < -0.4 is 11.2 Å². The zero-order valence-electron chi connectivity index (χ0n) is 12.1. The molecule has 0 aromatic rings. The number of nitrogens with zero attached hydrogens (tertiary/aromatic N) is 1. The van der Waals surface area contributed by atoms with Gasteiger partial charge in [-0.3, -0.25) is 4.99 Å². The highest BCUT2D eigenvalue weighted by Crippen LogP contribution is 2.07. The highest BCUT2D eigenvalue weighted by Gasteiger charge is 1.99. The van der Waals surface area contributed by atoms with Crippen LogP contribution in [0.4, 0.5) is 0 Å². The third-order valence-corrected chi connectivity index (χ3v) is 2.53. The van der Waals surface area contributed by atoms with E-state index in [1.165, 1.54) is 0 Å². The maximum absolute atomic E-state index is 6.01. The summed E-state index contributed by atoms with van der Waals surface area (Å²) < 4.78 is 5.40. The van der Waals surface area contributed by atoms with E-state index in [9.17, 15) is 0 Å². The average molecular weight is 290 g/mol. The van der Waals surface area contributed by atoms with Crippen LogP contribution in [0.2, 0.25) is 0 Å². The van der Waals surface area contributed by atoms with Gasteiger partial charge in [-0.15, -0.1) is 0 Å². The summed E-state index contributed by atoms with van der Waals surface area (Å²) in [6.07, 6.45) is 4.24. The molecule has 5 nitrogen and oxygen atoms in total. The van der Waals surface area contributed by atoms with E-state index in [4.69, 9.17) is 26.9 Å². The van der Waals surface area contributed by atoms with Crippen molar-refractivity contribution < 1.29 is 9.57 Å². The van der Waals surface area contributed by atoms with Gasteiger partial charge < -0.3 is 15.3 Å². The van der Waals surface area contributed by atoms with Crippen molar-refractivity contribution in [2.75, 3.05) is 20.2 Å². The molecule has 0 aliphatic carbocycles. The van der Waals surface area contributed by atoms with Crippen LogP contribution in [0.15, 0.2) is 27.6 Å². The molecule has 0 fully saturated rings. The minimum Gasteiger partial charge on any atom is -0.414 e. The van der Waals surface area contributed by atoms with E-state index in [1.54, 1.807) is 26.3 Å². The second-order valence-electron chi connectivity index (χ2n) is 3.95. The van der Waals surface area contributed by atoms with Crippen molar-refractivity contribution in [3.05, 3.63) is 22.6 Å². The van der Waals surface area contributed by atoms with Gasteiger partial charge in [-0.1, -0.05) is 11.6 Å². The zero-order valence-corrected chi connectivity index (χ0v) is 12.8. The zero-order chi connectivity index (χ0) is 14.7. The van der Waals surface area contributed by atoms with Gasteiger partial charge in [-0.25, -0.2) is 0 Å². The summed E-state index contributed by atoms with van der Waals surface area (Å²) in [6.45, 7) is 7.14. The van der Waals surface area contributed by atoms with E-state index in [-0.39, 0.29) is 6.10 Å². The molecule has 3 N–H and O–H groups in total. The van der Waals surface area contributed by atoms with Crippen molar-refractivity contribution in [3.63, 3.8) is 0 Å². The van der Waals surface area contributed by atoms with Crippen LogP contribution >= 0.6 is 11.6 Å². The number of aliphatic imine (C=N–C) groups is 1. The molecular formula is C13H24ClN3O2. The molecule has 0 aromatic heterocycles. The molecule has 0 heterocycles. The van der Waals surface area contributed by atoms with Crippen LogP contribution in [0.25, 0.3) is 0 Å². The summed E-state index contributed by atoms with van der Waals surface area (Å²) in [5, 5.41) is 0.392. The van der Waals surface area contributed by atoms with Crippen molar-refractivity contribution in [2.45, 2.75) is 33.3 Å². The van der Waals surface area contributed by atoms with Gasteiger partial charge in [-0.05, 0) is 27.2 Å². The third-order valence-electron chi connectivity index (χ3n) is 2.22. The van der Waals surface area contributed by atoms with E-state index in [2.05, 4.69) is 10.5 Å². The topological polar surface area (TPSA) is 68.9 Å². The quantitative estimate of drug-likeness (QED) is 0.296. The first kappa shape index (κ1) is 18.0. The van der Waals surface area contributed by atoms with Crippen molar-refractivity contribution in [1.29, 1.82) is 0 Å². The molecule has 0 saturated carbocycles. The minimum absolute atomic E-state index is 0.202. The molecule has 0 unspecified atom stereocenters. The molecule has 6 heteroatoms. The molecule has 0 rings (SSSR count). The first-order valence-corrected chi connectivity index (χ1v) is 6.67. The Morgan fingerprint density at radius 2 is 2.21 bits per heavy atom. The van der Waals surface area contributed by atoms with Crippen LogP contribution in [0.5, 0.6) is 0 Å².